The van der Waals surface area contributed by atoms with Crippen molar-refractivity contribution >= 4 is 39.2 Å². The van der Waals surface area contributed by atoms with Crippen LogP contribution in [0.4, 0.5) is 0 Å². The van der Waals surface area contributed by atoms with E-state index in [-0.39, 0.29) is 11.5 Å². The molecular formula is C18H19N3O2S2. The molecule has 2 heterocycles. The van der Waals surface area contributed by atoms with Gasteiger partial charge in [0.15, 0.2) is 5.16 Å². The topological polar surface area (TPSA) is 88.8 Å². The molecule has 7 heteroatoms. The van der Waals surface area contributed by atoms with Crippen molar-refractivity contribution < 1.29 is 4.79 Å². The summed E-state index contributed by atoms with van der Waals surface area (Å²) < 4.78 is 0. The van der Waals surface area contributed by atoms with Gasteiger partial charge in [0.1, 0.15) is 4.83 Å². The molecule has 5 nitrogen and oxygen atoms in total. The quantitative estimate of drug-likeness (QED) is 0.392. The molecule has 0 aliphatic carbocycles. The van der Waals surface area contributed by atoms with Gasteiger partial charge >= 0.3 is 0 Å². The average molecular weight is 374 g/mol. The lowest BCUT2D eigenvalue weighted by atomic mass is 10.0. The smallest absolute Gasteiger partial charge is 0.260 e. The highest BCUT2D eigenvalue weighted by atomic mass is 32.2. The zero-order valence-corrected chi connectivity index (χ0v) is 15.7. The largest absolute Gasteiger partial charge is 0.370 e. The Labute approximate surface area is 153 Å². The number of aromatic nitrogens is 2. The highest BCUT2D eigenvalue weighted by Gasteiger charge is 2.16. The summed E-state index contributed by atoms with van der Waals surface area (Å²) in [4.78, 5) is 32.7. The van der Waals surface area contributed by atoms with Crippen LogP contribution < -0.4 is 11.3 Å². The average Bonchev–Trinajstić information content (AvgIpc) is 2.89. The fourth-order valence-corrected chi connectivity index (χ4v) is 4.56. The Bertz CT molecular complexity index is 974. The molecule has 1 aromatic carbocycles. The molecular weight excluding hydrogens is 354 g/mol. The van der Waals surface area contributed by atoms with E-state index < -0.39 is 0 Å². The third-order valence-corrected chi connectivity index (χ3v) is 5.82. The third kappa shape index (κ3) is 3.93. The van der Waals surface area contributed by atoms with Gasteiger partial charge in [0, 0.05) is 22.6 Å². The van der Waals surface area contributed by atoms with Crippen LogP contribution in [-0.2, 0) is 4.79 Å². The van der Waals surface area contributed by atoms with Gasteiger partial charge in [0.2, 0.25) is 5.91 Å². The van der Waals surface area contributed by atoms with E-state index in [0.717, 1.165) is 20.8 Å². The van der Waals surface area contributed by atoms with Crippen molar-refractivity contribution in [3.05, 3.63) is 45.1 Å². The molecule has 0 aliphatic rings. The predicted octanol–water partition coefficient (Wildman–Crippen LogP) is 3.63. The summed E-state index contributed by atoms with van der Waals surface area (Å²) in [7, 11) is 0. The Morgan fingerprint density at radius 1 is 1.28 bits per heavy atom. The summed E-state index contributed by atoms with van der Waals surface area (Å²) in [5.41, 5.74) is 8.18. The SMILES string of the molecule is Cc1ccc(-c2c(C)sc3nc(SCCCC(N)=O)[nH]c(=O)c23)cc1. The zero-order valence-electron chi connectivity index (χ0n) is 14.1. The lowest BCUT2D eigenvalue weighted by Crippen LogP contribution is -2.11. The molecule has 0 saturated carbocycles. The number of hydrogen-bond donors (Lipinski definition) is 2. The van der Waals surface area contributed by atoms with Crippen molar-refractivity contribution in [2.24, 2.45) is 5.73 Å². The first-order valence-electron chi connectivity index (χ1n) is 7.97. The fourth-order valence-electron chi connectivity index (χ4n) is 2.65. The molecule has 0 spiro atoms. The Balaban J connectivity index is 1.94. The summed E-state index contributed by atoms with van der Waals surface area (Å²) >= 11 is 2.97. The van der Waals surface area contributed by atoms with E-state index in [9.17, 15) is 9.59 Å². The summed E-state index contributed by atoms with van der Waals surface area (Å²) in [5.74, 6) is 0.376. The molecule has 1 amide bonds. The summed E-state index contributed by atoms with van der Waals surface area (Å²) in [5, 5.41) is 1.23. The van der Waals surface area contributed by atoms with E-state index in [1.807, 2.05) is 38.1 Å². The van der Waals surface area contributed by atoms with Crippen molar-refractivity contribution in [1.29, 1.82) is 0 Å². The normalized spacial score (nSPS) is 11.1. The maximum atomic E-state index is 12.6. The van der Waals surface area contributed by atoms with Crippen LogP contribution in [-0.4, -0.2) is 21.6 Å². The van der Waals surface area contributed by atoms with Crippen molar-refractivity contribution in [3.8, 4) is 11.1 Å². The summed E-state index contributed by atoms with van der Waals surface area (Å²) in [6, 6.07) is 8.16. The van der Waals surface area contributed by atoms with Gasteiger partial charge in [0.25, 0.3) is 5.56 Å². The molecule has 130 valence electrons. The number of benzene rings is 1. The summed E-state index contributed by atoms with van der Waals surface area (Å²) in [6.07, 6.45) is 1.01. The van der Waals surface area contributed by atoms with Crippen molar-refractivity contribution in [1.82, 2.24) is 9.97 Å². The van der Waals surface area contributed by atoms with E-state index in [2.05, 4.69) is 9.97 Å². The number of thiophene rings is 1. The van der Waals surface area contributed by atoms with E-state index in [1.165, 1.54) is 28.7 Å². The Morgan fingerprint density at radius 3 is 2.68 bits per heavy atom. The minimum Gasteiger partial charge on any atom is -0.370 e. The first-order valence-corrected chi connectivity index (χ1v) is 9.77. The van der Waals surface area contributed by atoms with Crippen LogP contribution in [0.2, 0.25) is 0 Å². The van der Waals surface area contributed by atoms with Crippen LogP contribution in [0.1, 0.15) is 23.3 Å². The molecule has 25 heavy (non-hydrogen) atoms. The van der Waals surface area contributed by atoms with Gasteiger partial charge in [-0.25, -0.2) is 4.98 Å². The van der Waals surface area contributed by atoms with Gasteiger partial charge in [0.05, 0.1) is 5.39 Å². The first-order chi connectivity index (χ1) is 12.0. The maximum Gasteiger partial charge on any atom is 0.260 e. The first kappa shape index (κ1) is 17.7. The number of rotatable bonds is 6. The second kappa shape index (κ2) is 7.41. The summed E-state index contributed by atoms with van der Waals surface area (Å²) in [6.45, 7) is 4.05. The minimum absolute atomic E-state index is 0.123. The number of H-pyrrole nitrogens is 1. The van der Waals surface area contributed by atoms with Crippen LogP contribution in [0.25, 0.3) is 21.3 Å². The number of aromatic amines is 1. The van der Waals surface area contributed by atoms with Crippen molar-refractivity contribution in [3.63, 3.8) is 0 Å². The predicted molar refractivity (Wildman–Crippen MR) is 104 cm³/mol. The van der Waals surface area contributed by atoms with Crippen molar-refractivity contribution in [2.45, 2.75) is 31.8 Å². The molecule has 0 aliphatic heterocycles. The number of amides is 1. The van der Waals surface area contributed by atoms with E-state index in [1.54, 1.807) is 0 Å². The number of hydrogen-bond acceptors (Lipinski definition) is 5. The van der Waals surface area contributed by atoms with Gasteiger partial charge in [-0.3, -0.25) is 9.59 Å². The van der Waals surface area contributed by atoms with Crippen LogP contribution in [0, 0.1) is 13.8 Å². The van der Waals surface area contributed by atoms with E-state index >= 15 is 0 Å². The lowest BCUT2D eigenvalue weighted by molar-refractivity contribution is -0.118. The second-order valence-electron chi connectivity index (χ2n) is 5.87. The van der Waals surface area contributed by atoms with E-state index in [0.29, 0.717) is 29.1 Å². The number of nitrogens with two attached hydrogens (primary N) is 1. The highest BCUT2D eigenvalue weighted by molar-refractivity contribution is 7.99. The molecule has 3 aromatic rings. The Morgan fingerprint density at radius 2 is 2.00 bits per heavy atom. The number of nitrogens with one attached hydrogen (secondary N) is 1. The number of carbonyl (C=O) groups is 1. The molecule has 0 fully saturated rings. The van der Waals surface area contributed by atoms with Crippen molar-refractivity contribution in [2.75, 3.05) is 5.75 Å². The number of primary amides is 1. The van der Waals surface area contributed by atoms with Crippen LogP contribution in [0.5, 0.6) is 0 Å². The Hall–Kier alpha value is -2.12. The number of fused-ring (bicyclic) bond motifs is 1. The molecule has 0 bridgehead atoms. The fraction of sp³-hybridized carbons (Fsp3) is 0.278. The second-order valence-corrected chi connectivity index (χ2v) is 8.16. The lowest BCUT2D eigenvalue weighted by Gasteiger charge is -2.03. The minimum atomic E-state index is -0.311. The molecule has 0 saturated heterocycles. The number of thioether (sulfide) groups is 1. The van der Waals surface area contributed by atoms with E-state index in [4.69, 9.17) is 5.73 Å². The Kier molecular flexibility index (Phi) is 5.24. The number of nitrogens with zero attached hydrogens (tertiary/aromatic N) is 1. The maximum absolute atomic E-state index is 12.6. The molecule has 3 rings (SSSR count). The van der Waals surface area contributed by atoms with Crippen LogP contribution in [0.3, 0.4) is 0 Å². The molecule has 0 unspecified atom stereocenters. The monoisotopic (exact) mass is 373 g/mol. The standard InChI is InChI=1S/C18H19N3O2S2/c1-10-5-7-12(8-6-10)14-11(2)25-17-15(14)16(23)20-18(21-17)24-9-3-4-13(19)22/h5-8H,3-4,9H2,1-2H3,(H2,19,22)(H,20,21,23). The van der Waals surface area contributed by atoms with Gasteiger partial charge in [-0.1, -0.05) is 41.6 Å². The molecule has 2 aromatic heterocycles. The molecule has 3 N–H and O–H groups in total. The van der Waals surface area contributed by atoms with Gasteiger partial charge in [-0.05, 0) is 25.8 Å². The molecule has 0 atom stereocenters. The molecule has 0 radical (unpaired) electrons. The number of carbonyl (C=O) groups excluding carboxylic acids is 1. The zero-order chi connectivity index (χ0) is 18.0. The third-order valence-electron chi connectivity index (χ3n) is 3.86. The van der Waals surface area contributed by atoms with Crippen LogP contribution >= 0.6 is 23.1 Å². The number of aryl methyl sites for hydroxylation is 2. The van der Waals surface area contributed by atoms with Gasteiger partial charge < -0.3 is 10.7 Å². The highest BCUT2D eigenvalue weighted by Crippen LogP contribution is 2.36. The van der Waals surface area contributed by atoms with Crippen LogP contribution in [0.15, 0.2) is 34.2 Å². The van der Waals surface area contributed by atoms with Gasteiger partial charge in [-0.2, -0.15) is 0 Å². The van der Waals surface area contributed by atoms with Gasteiger partial charge in [-0.15, -0.1) is 11.3 Å².